The van der Waals surface area contributed by atoms with Gasteiger partial charge in [0, 0.05) is 6.42 Å². The molecule has 0 aliphatic heterocycles. The maximum absolute atomic E-state index is 11.9. The van der Waals surface area contributed by atoms with Gasteiger partial charge >= 0.3 is 5.97 Å². The number of carbonyl (C=O) groups is 2. The molecule has 0 amide bonds. The average Bonchev–Trinajstić information content (AvgIpc) is 2.76. The Morgan fingerprint density at radius 2 is 0.871 bits per heavy atom. The van der Waals surface area contributed by atoms with Crippen LogP contribution >= 0.6 is 0 Å². The van der Waals surface area contributed by atoms with Crippen LogP contribution in [0.2, 0.25) is 0 Å². The largest absolute Gasteiger partial charge is 0.479 e. The van der Waals surface area contributed by atoms with Gasteiger partial charge in [-0.1, -0.05) is 103 Å². The highest BCUT2D eigenvalue weighted by Crippen LogP contribution is 2.15. The predicted molar refractivity (Wildman–Crippen MR) is 121 cm³/mol. The minimum atomic E-state index is -2.26. The zero-order valence-electron chi connectivity index (χ0n) is 19.4. The fraction of sp³-hybridized carbons (Fsp3) is 0.917. The molecule has 0 saturated heterocycles. The van der Waals surface area contributed by atoms with Crippen LogP contribution in [-0.2, 0) is 9.59 Å². The van der Waals surface area contributed by atoms with E-state index >= 15 is 0 Å². The van der Waals surface area contributed by atoms with Crippen molar-refractivity contribution in [1.82, 2.24) is 0 Å². The molecule has 0 aromatic carbocycles. The second-order valence-electron chi connectivity index (χ2n) is 8.73. The minimum absolute atomic E-state index is 0.0482. The topological polar surface area (TPSA) is 135 Å². The van der Waals surface area contributed by atoms with Gasteiger partial charge in [0.05, 0.1) is 0 Å². The molecule has 7 nitrogen and oxygen atoms in total. The molecule has 0 aliphatic rings. The van der Waals surface area contributed by atoms with Crippen molar-refractivity contribution in [2.75, 3.05) is 0 Å². The molecule has 0 radical (unpaired) electrons. The molecule has 0 unspecified atom stereocenters. The zero-order valence-corrected chi connectivity index (χ0v) is 19.4. The Morgan fingerprint density at radius 3 is 1.23 bits per heavy atom. The first-order valence-corrected chi connectivity index (χ1v) is 12.3. The number of carboxylic acid groups (broad SMARTS) is 1. The number of rotatable bonds is 22. The predicted octanol–water partition coefficient (Wildman–Crippen LogP) is 3.74. The van der Waals surface area contributed by atoms with E-state index in [1.807, 2.05) is 0 Å². The van der Waals surface area contributed by atoms with Crippen LogP contribution in [-0.4, -0.2) is 61.7 Å². The smallest absolute Gasteiger partial charge is 0.335 e. The van der Waals surface area contributed by atoms with E-state index in [4.69, 9.17) is 5.11 Å². The summed E-state index contributed by atoms with van der Waals surface area (Å²) in [6, 6.07) is 0. The Labute approximate surface area is 187 Å². The van der Waals surface area contributed by atoms with Crippen molar-refractivity contribution in [2.45, 2.75) is 140 Å². The van der Waals surface area contributed by atoms with Gasteiger partial charge in [0.2, 0.25) is 0 Å². The number of unbranched alkanes of at least 4 members (excludes halogenated alkanes) is 15. The van der Waals surface area contributed by atoms with E-state index in [1.54, 1.807) is 0 Å². The lowest BCUT2D eigenvalue weighted by Crippen LogP contribution is -2.50. The first-order chi connectivity index (χ1) is 14.8. The summed E-state index contributed by atoms with van der Waals surface area (Å²) in [5, 5.41) is 46.7. The number of Topliss-reactive ketones (excluding diaryl/α,β-unsaturated/α-hetero) is 1. The summed E-state index contributed by atoms with van der Waals surface area (Å²) in [4.78, 5) is 22.5. The van der Waals surface area contributed by atoms with Gasteiger partial charge in [-0.15, -0.1) is 0 Å². The Balaban J connectivity index is 3.56. The van der Waals surface area contributed by atoms with Crippen molar-refractivity contribution in [1.29, 1.82) is 0 Å². The van der Waals surface area contributed by atoms with Gasteiger partial charge in [-0.05, 0) is 6.42 Å². The summed E-state index contributed by atoms with van der Waals surface area (Å²) in [5.74, 6) is -2.39. The highest BCUT2D eigenvalue weighted by Gasteiger charge is 2.36. The van der Waals surface area contributed by atoms with Crippen LogP contribution in [0.25, 0.3) is 0 Å². The molecule has 184 valence electrons. The highest BCUT2D eigenvalue weighted by atomic mass is 16.4. The number of hydrogen-bond donors (Lipinski definition) is 5. The third kappa shape index (κ3) is 15.4. The molecule has 0 spiro atoms. The molecule has 0 aromatic heterocycles. The first-order valence-electron chi connectivity index (χ1n) is 12.3. The maximum Gasteiger partial charge on any atom is 0.335 e. The lowest BCUT2D eigenvalue weighted by Gasteiger charge is -2.23. The van der Waals surface area contributed by atoms with Gasteiger partial charge in [-0.25, -0.2) is 4.79 Å². The summed E-state index contributed by atoms with van der Waals surface area (Å²) < 4.78 is 0. The molecule has 0 aliphatic carbocycles. The van der Waals surface area contributed by atoms with Gasteiger partial charge in [0.1, 0.15) is 18.3 Å². The van der Waals surface area contributed by atoms with E-state index in [2.05, 4.69) is 6.92 Å². The minimum Gasteiger partial charge on any atom is -0.479 e. The molecule has 5 N–H and O–H groups in total. The van der Waals surface area contributed by atoms with E-state index in [-0.39, 0.29) is 6.42 Å². The standard InChI is InChI=1S/C24H46O7/c1-2-3-4-5-6-7-8-9-10-11-12-13-14-15-16-17-18-19(25)20(26)21(27)22(28)23(29)24(30)31/h20-23,26-29H,2-18H2,1H3,(H,30,31)/t20-,21+,22-,23-/m0/s1. The molecule has 0 saturated carbocycles. The molecule has 4 atom stereocenters. The average molecular weight is 447 g/mol. The third-order valence-corrected chi connectivity index (χ3v) is 5.86. The van der Waals surface area contributed by atoms with Crippen LogP contribution in [0.15, 0.2) is 0 Å². The maximum atomic E-state index is 11.9. The van der Waals surface area contributed by atoms with Crippen LogP contribution in [0.1, 0.15) is 116 Å². The molecular formula is C24H46O7. The van der Waals surface area contributed by atoms with Crippen molar-refractivity contribution in [3.63, 3.8) is 0 Å². The normalized spacial score (nSPS) is 15.4. The molecular weight excluding hydrogens is 400 g/mol. The van der Waals surface area contributed by atoms with Crippen molar-refractivity contribution in [2.24, 2.45) is 0 Å². The number of ketones is 1. The molecule has 7 heteroatoms. The van der Waals surface area contributed by atoms with Crippen molar-refractivity contribution >= 4 is 11.8 Å². The second-order valence-corrected chi connectivity index (χ2v) is 8.73. The van der Waals surface area contributed by atoms with E-state index in [0.717, 1.165) is 19.3 Å². The van der Waals surface area contributed by atoms with Crippen molar-refractivity contribution < 1.29 is 35.1 Å². The van der Waals surface area contributed by atoms with Gasteiger partial charge in [0.25, 0.3) is 0 Å². The third-order valence-electron chi connectivity index (χ3n) is 5.86. The molecule has 0 bridgehead atoms. The van der Waals surface area contributed by atoms with Crippen LogP contribution < -0.4 is 0 Å². The molecule has 0 heterocycles. The van der Waals surface area contributed by atoms with Gasteiger partial charge in [-0.3, -0.25) is 4.79 Å². The summed E-state index contributed by atoms with van der Waals surface area (Å²) >= 11 is 0. The van der Waals surface area contributed by atoms with Gasteiger partial charge < -0.3 is 25.5 Å². The summed E-state index contributed by atoms with van der Waals surface area (Å²) in [5.41, 5.74) is 0. The monoisotopic (exact) mass is 446 g/mol. The first kappa shape index (κ1) is 30.0. The fourth-order valence-electron chi connectivity index (χ4n) is 3.71. The molecule has 0 aromatic rings. The highest BCUT2D eigenvalue weighted by molar-refractivity contribution is 5.83. The fourth-order valence-corrected chi connectivity index (χ4v) is 3.71. The molecule has 31 heavy (non-hydrogen) atoms. The SMILES string of the molecule is CCCCCCCCCCCCCCCCCCC(=O)[C@H](O)[C@@H](O)[C@H](O)[C@H](O)C(=O)O. The van der Waals surface area contributed by atoms with Crippen LogP contribution in [0, 0.1) is 0 Å². The number of carboxylic acids is 1. The van der Waals surface area contributed by atoms with Crippen molar-refractivity contribution in [3.05, 3.63) is 0 Å². The number of hydrogen-bond acceptors (Lipinski definition) is 6. The van der Waals surface area contributed by atoms with E-state index in [0.29, 0.717) is 6.42 Å². The number of aliphatic hydroxyl groups is 4. The second kappa shape index (κ2) is 19.6. The van der Waals surface area contributed by atoms with Crippen LogP contribution in [0.5, 0.6) is 0 Å². The Kier molecular flexibility index (Phi) is 19.0. The Morgan fingerprint density at radius 1 is 0.548 bits per heavy atom. The van der Waals surface area contributed by atoms with Crippen LogP contribution in [0.4, 0.5) is 0 Å². The summed E-state index contributed by atoms with van der Waals surface area (Å²) in [7, 11) is 0. The zero-order chi connectivity index (χ0) is 23.5. The van der Waals surface area contributed by atoms with E-state index in [9.17, 15) is 30.0 Å². The number of aliphatic carboxylic acids is 1. The lowest BCUT2D eigenvalue weighted by molar-refractivity contribution is -0.165. The molecule has 0 fully saturated rings. The van der Waals surface area contributed by atoms with Gasteiger partial charge in [0.15, 0.2) is 11.9 Å². The van der Waals surface area contributed by atoms with Crippen LogP contribution in [0.3, 0.4) is 0 Å². The Bertz CT molecular complexity index is 455. The summed E-state index contributed by atoms with van der Waals surface area (Å²) in [6.07, 6.45) is 11.2. The quantitative estimate of drug-likeness (QED) is 0.160. The molecule has 0 rings (SSSR count). The van der Waals surface area contributed by atoms with Crippen molar-refractivity contribution in [3.8, 4) is 0 Å². The lowest BCUT2D eigenvalue weighted by atomic mass is 9.97. The number of aliphatic hydroxyl groups excluding tert-OH is 4. The van der Waals surface area contributed by atoms with E-state index < -0.39 is 36.2 Å². The van der Waals surface area contributed by atoms with E-state index in [1.165, 1.54) is 77.0 Å². The Hall–Kier alpha value is -1.02. The number of carbonyl (C=O) groups excluding carboxylic acids is 1. The summed E-state index contributed by atoms with van der Waals surface area (Å²) in [6.45, 7) is 2.24. The van der Waals surface area contributed by atoms with Gasteiger partial charge in [-0.2, -0.15) is 0 Å².